The number of amides is 2. The van der Waals surface area contributed by atoms with Crippen molar-refractivity contribution in [3.8, 4) is 0 Å². The molecule has 0 spiro atoms. The van der Waals surface area contributed by atoms with Crippen LogP contribution in [0.25, 0.3) is 0 Å². The van der Waals surface area contributed by atoms with Crippen molar-refractivity contribution in [3.05, 3.63) is 70.5 Å². The Kier molecular flexibility index (Phi) is 5.26. The summed E-state index contributed by atoms with van der Waals surface area (Å²) < 4.78 is 13.7. The molecular weight excluding hydrogens is 319 g/mol. The van der Waals surface area contributed by atoms with Gasteiger partial charge in [0.25, 0.3) is 11.8 Å². The summed E-state index contributed by atoms with van der Waals surface area (Å²) in [5, 5.41) is 1.28. The lowest BCUT2D eigenvalue weighted by atomic mass is 10.1. The first-order valence-corrected chi connectivity index (χ1v) is 8.08. The van der Waals surface area contributed by atoms with Crippen LogP contribution >= 0.6 is 0 Å². The first-order valence-electron chi connectivity index (χ1n) is 8.08. The number of halogens is 1. The molecule has 0 radical (unpaired) electrons. The summed E-state index contributed by atoms with van der Waals surface area (Å²) in [6.45, 7) is 8.97. The second-order valence-electron chi connectivity index (χ2n) is 7.09. The molecule has 25 heavy (non-hydrogen) atoms. The predicted octanol–water partition coefficient (Wildman–Crippen LogP) is 4.03. The minimum absolute atomic E-state index is 0.161. The van der Waals surface area contributed by atoms with Gasteiger partial charge in [0.15, 0.2) is 0 Å². The number of nitrogens with zero attached hydrogens (tertiary/aromatic N) is 1. The molecule has 5 heteroatoms. The molecule has 0 atom stereocenters. The maximum absolute atomic E-state index is 13.7. The molecule has 0 aliphatic carbocycles. The van der Waals surface area contributed by atoms with Crippen LogP contribution in [0.15, 0.2) is 42.5 Å². The van der Waals surface area contributed by atoms with Crippen molar-refractivity contribution >= 4 is 11.8 Å². The molecular formula is C20H23FN2O2. The lowest BCUT2D eigenvalue weighted by molar-refractivity contribution is 0.0358. The number of carbonyl (C=O) groups is 2. The molecule has 0 fully saturated rings. The van der Waals surface area contributed by atoms with Crippen molar-refractivity contribution in [2.24, 2.45) is 0 Å². The summed E-state index contributed by atoms with van der Waals surface area (Å²) in [7, 11) is 0. The van der Waals surface area contributed by atoms with Crippen LogP contribution in [-0.4, -0.2) is 22.4 Å². The highest BCUT2D eigenvalue weighted by atomic mass is 19.1. The number of rotatable bonds is 2. The van der Waals surface area contributed by atoms with Crippen molar-refractivity contribution < 1.29 is 14.0 Å². The van der Waals surface area contributed by atoms with Crippen LogP contribution in [0.2, 0.25) is 0 Å². The van der Waals surface area contributed by atoms with Crippen molar-refractivity contribution in [3.63, 3.8) is 0 Å². The Morgan fingerprint density at radius 3 is 2.24 bits per heavy atom. The molecule has 0 heterocycles. The zero-order valence-electron chi connectivity index (χ0n) is 15.2. The van der Waals surface area contributed by atoms with Crippen molar-refractivity contribution in [1.29, 1.82) is 0 Å². The van der Waals surface area contributed by atoms with Gasteiger partial charge in [0.1, 0.15) is 5.82 Å². The standard InChI is InChI=1S/C20H23FN2O2/c1-13-7-6-8-16(11-13)19(25)23(20(3,4)5)22-18(24)15-10-9-14(2)17(21)12-15/h6-12H,1-5H3,(H,22,24). The Morgan fingerprint density at radius 1 is 1.00 bits per heavy atom. The van der Waals surface area contributed by atoms with Gasteiger partial charge in [0.2, 0.25) is 0 Å². The van der Waals surface area contributed by atoms with Gasteiger partial charge >= 0.3 is 0 Å². The van der Waals surface area contributed by atoms with Crippen LogP contribution in [0.4, 0.5) is 4.39 Å². The van der Waals surface area contributed by atoms with Crippen LogP contribution < -0.4 is 5.43 Å². The van der Waals surface area contributed by atoms with Crippen LogP contribution in [-0.2, 0) is 0 Å². The Hall–Kier alpha value is -2.69. The van der Waals surface area contributed by atoms with E-state index in [2.05, 4.69) is 5.43 Å². The summed E-state index contributed by atoms with van der Waals surface area (Å²) in [6, 6.07) is 11.4. The van der Waals surface area contributed by atoms with E-state index in [1.54, 1.807) is 25.1 Å². The fourth-order valence-corrected chi connectivity index (χ4v) is 2.33. The van der Waals surface area contributed by atoms with E-state index < -0.39 is 17.3 Å². The highest BCUT2D eigenvalue weighted by Crippen LogP contribution is 2.17. The van der Waals surface area contributed by atoms with E-state index in [0.29, 0.717) is 11.1 Å². The molecule has 2 amide bonds. The molecule has 2 aromatic carbocycles. The van der Waals surface area contributed by atoms with Gasteiger partial charge in [-0.25, -0.2) is 9.40 Å². The molecule has 132 valence electrons. The third-order valence-electron chi connectivity index (χ3n) is 3.79. The monoisotopic (exact) mass is 342 g/mol. The molecule has 0 saturated carbocycles. The van der Waals surface area contributed by atoms with Crippen molar-refractivity contribution in [2.45, 2.75) is 40.2 Å². The molecule has 0 unspecified atom stereocenters. The van der Waals surface area contributed by atoms with E-state index >= 15 is 0 Å². The Labute approximate surface area is 147 Å². The highest BCUT2D eigenvalue weighted by Gasteiger charge is 2.29. The number of carbonyl (C=O) groups excluding carboxylic acids is 2. The van der Waals surface area contributed by atoms with E-state index in [-0.39, 0.29) is 11.5 Å². The third-order valence-corrected chi connectivity index (χ3v) is 3.79. The first-order chi connectivity index (χ1) is 11.6. The summed E-state index contributed by atoms with van der Waals surface area (Å²) >= 11 is 0. The normalized spacial score (nSPS) is 11.1. The average molecular weight is 342 g/mol. The van der Waals surface area contributed by atoms with Crippen LogP contribution in [0.1, 0.15) is 52.6 Å². The number of hydrogen-bond donors (Lipinski definition) is 1. The van der Waals surface area contributed by atoms with Gasteiger partial charge in [-0.2, -0.15) is 0 Å². The fourth-order valence-electron chi connectivity index (χ4n) is 2.33. The summed E-state index contributed by atoms with van der Waals surface area (Å²) in [6.07, 6.45) is 0. The summed E-state index contributed by atoms with van der Waals surface area (Å²) in [4.78, 5) is 25.4. The Balaban J connectivity index is 2.30. The van der Waals surface area contributed by atoms with Crippen LogP contribution in [0.5, 0.6) is 0 Å². The van der Waals surface area contributed by atoms with E-state index in [1.807, 2.05) is 33.8 Å². The highest BCUT2D eigenvalue weighted by molar-refractivity contribution is 5.99. The largest absolute Gasteiger partial charge is 0.272 e. The van der Waals surface area contributed by atoms with E-state index in [1.165, 1.54) is 23.2 Å². The predicted molar refractivity (Wildman–Crippen MR) is 95.7 cm³/mol. The average Bonchev–Trinajstić information content (AvgIpc) is 2.53. The van der Waals surface area contributed by atoms with E-state index in [9.17, 15) is 14.0 Å². The summed E-state index contributed by atoms with van der Waals surface area (Å²) in [5.41, 5.74) is 4.01. The maximum atomic E-state index is 13.7. The van der Waals surface area contributed by atoms with Crippen LogP contribution in [0.3, 0.4) is 0 Å². The SMILES string of the molecule is Cc1cccc(C(=O)N(NC(=O)c2ccc(C)c(F)c2)C(C)(C)C)c1. The lowest BCUT2D eigenvalue weighted by Gasteiger charge is -2.35. The zero-order valence-corrected chi connectivity index (χ0v) is 15.2. The van der Waals surface area contributed by atoms with Gasteiger partial charge in [0, 0.05) is 11.1 Å². The molecule has 2 aromatic rings. The van der Waals surface area contributed by atoms with E-state index in [0.717, 1.165) is 5.56 Å². The molecule has 2 rings (SSSR count). The zero-order chi connectivity index (χ0) is 18.8. The number of hydrazine groups is 1. The van der Waals surface area contributed by atoms with Gasteiger partial charge in [-0.3, -0.25) is 15.0 Å². The molecule has 0 bridgehead atoms. The topological polar surface area (TPSA) is 49.4 Å². The van der Waals surface area contributed by atoms with Gasteiger partial charge in [0.05, 0.1) is 5.54 Å². The minimum atomic E-state index is -0.653. The van der Waals surface area contributed by atoms with Gasteiger partial charge in [-0.05, 0) is 64.4 Å². The lowest BCUT2D eigenvalue weighted by Crippen LogP contribution is -2.55. The Bertz CT molecular complexity index is 810. The summed E-state index contributed by atoms with van der Waals surface area (Å²) in [5.74, 6) is -1.31. The fraction of sp³-hybridized carbons (Fsp3) is 0.300. The number of benzene rings is 2. The van der Waals surface area contributed by atoms with Crippen molar-refractivity contribution in [1.82, 2.24) is 10.4 Å². The molecule has 1 N–H and O–H groups in total. The van der Waals surface area contributed by atoms with Crippen LogP contribution in [0, 0.1) is 19.7 Å². The second-order valence-corrected chi connectivity index (χ2v) is 7.09. The van der Waals surface area contributed by atoms with Gasteiger partial charge in [-0.1, -0.05) is 23.8 Å². The van der Waals surface area contributed by atoms with Gasteiger partial charge < -0.3 is 0 Å². The molecule has 0 saturated heterocycles. The quantitative estimate of drug-likeness (QED) is 0.838. The first kappa shape index (κ1) is 18.6. The minimum Gasteiger partial charge on any atom is -0.267 e. The number of aryl methyl sites for hydroxylation is 2. The molecule has 0 aliphatic heterocycles. The van der Waals surface area contributed by atoms with E-state index in [4.69, 9.17) is 0 Å². The van der Waals surface area contributed by atoms with Crippen molar-refractivity contribution in [2.75, 3.05) is 0 Å². The number of nitrogens with one attached hydrogen (secondary N) is 1. The third kappa shape index (κ3) is 4.44. The molecule has 4 nitrogen and oxygen atoms in total. The van der Waals surface area contributed by atoms with Gasteiger partial charge in [-0.15, -0.1) is 0 Å². The number of hydrogen-bond acceptors (Lipinski definition) is 2. The Morgan fingerprint density at radius 2 is 1.68 bits per heavy atom. The second kappa shape index (κ2) is 7.05. The molecule has 0 aromatic heterocycles. The smallest absolute Gasteiger partial charge is 0.267 e. The molecule has 0 aliphatic rings. The maximum Gasteiger partial charge on any atom is 0.272 e.